The van der Waals surface area contributed by atoms with Crippen LogP contribution in [0.15, 0.2) is 0 Å². The molecule has 0 saturated carbocycles. The van der Waals surface area contributed by atoms with Crippen molar-refractivity contribution in [2.24, 2.45) is 0 Å². The summed E-state index contributed by atoms with van der Waals surface area (Å²) in [5.41, 5.74) is 0. The van der Waals surface area contributed by atoms with Crippen molar-refractivity contribution in [3.05, 3.63) is 0 Å². The first kappa shape index (κ1) is 6.16. The molecular weight excluding hydrogens is 303 g/mol. The fourth-order valence-corrected chi connectivity index (χ4v) is 0. The Hall–Kier alpha value is 1.16. The van der Waals surface area contributed by atoms with Crippen molar-refractivity contribution >= 4 is 0 Å². The standard InChI is InChI=1S/Ac.4FH/h;4*1H/q+4;;;;/p-4. The molecule has 0 atom stereocenters. The van der Waals surface area contributed by atoms with Crippen LogP contribution >= 0.6 is 0 Å². The maximum absolute atomic E-state index is 9.92. The van der Waals surface area contributed by atoms with Crippen LogP contribution in [0.2, 0.25) is 0 Å². The van der Waals surface area contributed by atoms with Gasteiger partial charge in [0.1, 0.15) is 0 Å². The molecule has 0 rings (SSSR count). The van der Waals surface area contributed by atoms with Crippen LogP contribution < -0.4 is 0 Å². The van der Waals surface area contributed by atoms with E-state index in [0.717, 1.165) is 0 Å². The Kier molecular flexibility index (Phi) is 2.15. The molecule has 0 saturated heterocycles. The molecule has 0 nitrogen and oxygen atoms in total. The molecule has 0 aromatic rings. The van der Waals surface area contributed by atoms with Gasteiger partial charge >= 0.3 is 41.4 Å². The quantitative estimate of drug-likeness (QED) is 0.597. The minimum absolute atomic E-state index is 7.38. The zero-order chi connectivity index (χ0) is 4.50. The number of hydrogen-bond donors (Lipinski definition) is 0. The second-order valence-electron chi connectivity index (χ2n) is 0.495. The Labute approximate surface area is 40.8 Å². The van der Waals surface area contributed by atoms with E-state index in [9.17, 15) is 2.57 Å². The number of hydrogen-bond acceptors (Lipinski definition) is 0. The van der Waals surface area contributed by atoms with Crippen LogP contribution in [0.3, 0.4) is 0 Å². The van der Waals surface area contributed by atoms with Crippen LogP contribution in [0.25, 0.3) is 0 Å². The fraction of sp³-hybridized carbons (Fsp3) is 0. The van der Waals surface area contributed by atoms with Gasteiger partial charge in [-0.2, -0.15) is 0 Å². The third-order valence-corrected chi connectivity index (χ3v) is 0. The average molecular weight is 303 g/mol. The first-order valence-electron chi connectivity index (χ1n) is 0.873. The van der Waals surface area contributed by atoms with Gasteiger partial charge in [-0.05, 0) is 0 Å². The molecule has 0 aliphatic rings. The molecular formula is AcF4. The second-order valence-corrected chi connectivity index (χ2v) is 4.56. The summed E-state index contributed by atoms with van der Waals surface area (Å²) in [6.07, 6.45) is 0. The van der Waals surface area contributed by atoms with Gasteiger partial charge in [0.25, 0.3) is 0 Å². The van der Waals surface area contributed by atoms with Gasteiger partial charge in [-0.25, -0.2) is 0 Å². The van der Waals surface area contributed by atoms with Crippen molar-refractivity contribution in [2.75, 3.05) is 0 Å². The Morgan fingerprint density at radius 2 is 0.800 bits per heavy atom. The van der Waals surface area contributed by atoms with Crippen LogP contribution in [0.5, 0.6) is 0 Å². The molecule has 0 aromatic carbocycles. The summed E-state index contributed by atoms with van der Waals surface area (Å²) >= 11 is -7.38. The summed E-state index contributed by atoms with van der Waals surface area (Å²) in [6, 6.07) is 0. The van der Waals surface area contributed by atoms with Crippen LogP contribution in [0, 0.1) is 38.8 Å². The molecule has 5 heteroatoms. The predicted octanol–water partition coefficient (Wildman–Crippen LogP) is 1.68. The average Bonchev–Trinajstić information content (AvgIpc) is 0.722. The molecule has 0 heterocycles. The topological polar surface area (TPSA) is 0 Å². The Balaban J connectivity index is 3.02. The van der Waals surface area contributed by atoms with Gasteiger partial charge in [0, 0.05) is 0 Å². The second kappa shape index (κ2) is 1.74. The summed E-state index contributed by atoms with van der Waals surface area (Å²) in [7, 11) is 0. The van der Waals surface area contributed by atoms with Gasteiger partial charge < -0.3 is 0 Å². The molecule has 5 heavy (non-hydrogen) atoms. The van der Waals surface area contributed by atoms with Gasteiger partial charge in [-0.3, -0.25) is 0 Å². The van der Waals surface area contributed by atoms with Crippen molar-refractivity contribution in [3.8, 4) is 0 Å². The molecule has 0 radical (unpaired) electrons. The molecule has 0 aliphatic carbocycles. The van der Waals surface area contributed by atoms with Crippen molar-refractivity contribution in [1.29, 1.82) is 0 Å². The molecule has 0 amide bonds. The van der Waals surface area contributed by atoms with E-state index in [1.54, 1.807) is 0 Å². The van der Waals surface area contributed by atoms with E-state index in [2.05, 4.69) is 0 Å². The SMILES string of the molecule is [F][Ac]([F])([F])[F]. The monoisotopic (exact) mass is 303 g/mol. The molecule has 0 bridgehead atoms. The normalized spacial score (nSPS) is 12.0. The van der Waals surface area contributed by atoms with E-state index in [0.29, 0.717) is 0 Å². The number of rotatable bonds is 0. The molecule has 0 aromatic heterocycles. The van der Waals surface area contributed by atoms with Crippen molar-refractivity contribution in [1.82, 2.24) is 0 Å². The first-order chi connectivity index (χ1) is 2.00. The minimum atomic E-state index is -7.38. The summed E-state index contributed by atoms with van der Waals surface area (Å²) < 4.78 is 39.7. The summed E-state index contributed by atoms with van der Waals surface area (Å²) in [5.74, 6) is 0. The van der Waals surface area contributed by atoms with E-state index < -0.39 is 38.8 Å². The zero-order valence-corrected chi connectivity index (χ0v) is 6.83. The van der Waals surface area contributed by atoms with Crippen molar-refractivity contribution < 1.29 is 41.4 Å². The van der Waals surface area contributed by atoms with Crippen molar-refractivity contribution in [2.45, 2.75) is 0 Å². The van der Waals surface area contributed by atoms with Crippen LogP contribution in [0.1, 0.15) is 0 Å². The van der Waals surface area contributed by atoms with E-state index in [-0.39, 0.29) is 0 Å². The van der Waals surface area contributed by atoms with E-state index in [1.807, 2.05) is 0 Å². The first-order valence-corrected chi connectivity index (χ1v) is 8.05. The Bertz CT molecular complexity index is 19.1. The summed E-state index contributed by atoms with van der Waals surface area (Å²) in [4.78, 5) is 0. The number of halogens is 4. The molecule has 0 unspecified atom stereocenters. The zero-order valence-electron chi connectivity index (χ0n) is 2.09. The molecule has 0 N–H and O–H groups in total. The van der Waals surface area contributed by atoms with E-state index in [1.165, 1.54) is 0 Å². The van der Waals surface area contributed by atoms with Crippen LogP contribution in [-0.4, -0.2) is 0 Å². The third-order valence-electron chi connectivity index (χ3n) is 0. The Morgan fingerprint density at radius 3 is 0.800 bits per heavy atom. The maximum atomic E-state index is 9.92. The van der Waals surface area contributed by atoms with Crippen LogP contribution in [-0.2, 0) is 0 Å². The summed E-state index contributed by atoms with van der Waals surface area (Å²) in [6.45, 7) is 0. The molecule has 0 aliphatic heterocycles. The molecule has 0 fully saturated rings. The predicted molar refractivity (Wildman–Crippen MR) is 4.43 cm³/mol. The van der Waals surface area contributed by atoms with E-state index >= 15 is 0 Å². The van der Waals surface area contributed by atoms with Crippen LogP contribution in [0.4, 0.5) is 2.57 Å². The van der Waals surface area contributed by atoms with Gasteiger partial charge in [0.15, 0.2) is 0 Å². The molecule has 0 spiro atoms. The van der Waals surface area contributed by atoms with Gasteiger partial charge in [-0.15, -0.1) is 0 Å². The third kappa shape index (κ3) is 38.2. The van der Waals surface area contributed by atoms with Crippen molar-refractivity contribution in [3.63, 3.8) is 0 Å². The van der Waals surface area contributed by atoms with E-state index in [4.69, 9.17) is 0 Å². The molecule has 31 valence electrons. The van der Waals surface area contributed by atoms with Gasteiger partial charge in [0.2, 0.25) is 0 Å². The summed E-state index contributed by atoms with van der Waals surface area (Å²) in [5, 5.41) is 0. The van der Waals surface area contributed by atoms with Gasteiger partial charge in [0.05, 0.1) is 0 Å². The Morgan fingerprint density at radius 1 is 0.800 bits per heavy atom. The van der Waals surface area contributed by atoms with Gasteiger partial charge in [-0.1, -0.05) is 0 Å². The fourth-order valence-electron chi connectivity index (χ4n) is 0.